The van der Waals surface area contributed by atoms with Gasteiger partial charge in [0.05, 0.1) is 6.10 Å². The lowest BCUT2D eigenvalue weighted by atomic mass is 10.1. The molecule has 0 radical (unpaired) electrons. The van der Waals surface area contributed by atoms with E-state index in [9.17, 15) is 0 Å². The molecule has 0 bridgehead atoms. The third kappa shape index (κ3) is 2.41. The van der Waals surface area contributed by atoms with Gasteiger partial charge in [-0.05, 0) is 20.8 Å². The van der Waals surface area contributed by atoms with Gasteiger partial charge in [-0.3, -0.25) is 0 Å². The fourth-order valence-corrected chi connectivity index (χ4v) is 1.64. The average molecular weight is 222 g/mol. The van der Waals surface area contributed by atoms with Crippen LogP contribution in [0, 0.1) is 6.92 Å². The zero-order valence-electron chi connectivity index (χ0n) is 9.97. The van der Waals surface area contributed by atoms with Gasteiger partial charge in [0, 0.05) is 30.9 Å². The van der Waals surface area contributed by atoms with Crippen molar-refractivity contribution in [2.45, 2.75) is 32.9 Å². The Bertz CT molecular complexity index is 374. The van der Waals surface area contributed by atoms with Crippen molar-refractivity contribution < 1.29 is 4.74 Å². The summed E-state index contributed by atoms with van der Waals surface area (Å²) in [4.78, 5) is 10.8. The van der Waals surface area contributed by atoms with Crippen molar-refractivity contribution in [1.82, 2.24) is 9.97 Å². The van der Waals surface area contributed by atoms with Gasteiger partial charge in [0.15, 0.2) is 0 Å². The highest BCUT2D eigenvalue weighted by Crippen LogP contribution is 2.20. The van der Waals surface area contributed by atoms with E-state index in [4.69, 9.17) is 10.5 Å². The predicted molar refractivity (Wildman–Crippen MR) is 62.7 cm³/mol. The summed E-state index contributed by atoms with van der Waals surface area (Å²) in [6, 6.07) is 2.10. The molecule has 0 unspecified atom stereocenters. The molecule has 0 spiro atoms. The maximum Gasteiger partial charge on any atom is 0.228 e. The number of anilines is 1. The third-order valence-electron chi connectivity index (χ3n) is 2.37. The molecular formula is C11H18N4O. The normalized spacial score (nSPS) is 16.4. The number of ether oxygens (including phenoxy) is 1. The Kier molecular flexibility index (Phi) is 2.96. The highest BCUT2D eigenvalue weighted by Gasteiger charge is 2.25. The van der Waals surface area contributed by atoms with Gasteiger partial charge in [0.2, 0.25) is 11.8 Å². The number of nitrogens with zero attached hydrogens (tertiary/aromatic N) is 3. The van der Waals surface area contributed by atoms with E-state index in [-0.39, 0.29) is 12.1 Å². The highest BCUT2D eigenvalue weighted by atomic mass is 16.5. The van der Waals surface area contributed by atoms with Crippen LogP contribution >= 0.6 is 0 Å². The van der Waals surface area contributed by atoms with Gasteiger partial charge in [0.1, 0.15) is 0 Å². The topological polar surface area (TPSA) is 64.3 Å². The largest absolute Gasteiger partial charge is 0.475 e. The Morgan fingerprint density at radius 3 is 2.69 bits per heavy atom. The Morgan fingerprint density at radius 2 is 2.12 bits per heavy atom. The number of hydrogen-bond acceptors (Lipinski definition) is 5. The number of rotatable bonds is 3. The fourth-order valence-electron chi connectivity index (χ4n) is 1.64. The van der Waals surface area contributed by atoms with Crippen LogP contribution in [-0.2, 0) is 0 Å². The van der Waals surface area contributed by atoms with Crippen molar-refractivity contribution in [1.29, 1.82) is 0 Å². The second-order valence-corrected chi connectivity index (χ2v) is 4.48. The standard InChI is InChI=1S/C11H18N4O/c1-7(2)16-10-4-8(3)13-11(14-10)15-5-9(12)6-15/h4,7,9H,5-6,12H2,1-3H3. The Morgan fingerprint density at radius 1 is 1.44 bits per heavy atom. The first-order valence-corrected chi connectivity index (χ1v) is 5.57. The van der Waals surface area contributed by atoms with E-state index in [1.54, 1.807) is 0 Å². The van der Waals surface area contributed by atoms with Gasteiger partial charge in [-0.1, -0.05) is 0 Å². The lowest BCUT2D eigenvalue weighted by Crippen LogP contribution is -2.56. The first kappa shape index (κ1) is 11.1. The molecule has 0 atom stereocenters. The summed E-state index contributed by atoms with van der Waals surface area (Å²) in [7, 11) is 0. The summed E-state index contributed by atoms with van der Waals surface area (Å²) in [6.07, 6.45) is 0.126. The van der Waals surface area contributed by atoms with Crippen LogP contribution in [0.3, 0.4) is 0 Å². The zero-order chi connectivity index (χ0) is 11.7. The van der Waals surface area contributed by atoms with Crippen molar-refractivity contribution in [3.8, 4) is 5.88 Å². The van der Waals surface area contributed by atoms with Crippen LogP contribution in [0.2, 0.25) is 0 Å². The minimum Gasteiger partial charge on any atom is -0.475 e. The molecule has 1 aliphatic heterocycles. The van der Waals surface area contributed by atoms with E-state index in [1.807, 2.05) is 26.8 Å². The average Bonchev–Trinajstić information content (AvgIpc) is 2.10. The van der Waals surface area contributed by atoms with Crippen molar-refractivity contribution in [2.24, 2.45) is 5.73 Å². The smallest absolute Gasteiger partial charge is 0.228 e. The summed E-state index contributed by atoms with van der Waals surface area (Å²) < 4.78 is 5.57. The van der Waals surface area contributed by atoms with Gasteiger partial charge >= 0.3 is 0 Å². The predicted octanol–water partition coefficient (Wildman–Crippen LogP) is 0.720. The SMILES string of the molecule is Cc1cc(OC(C)C)nc(N2CC(N)C2)n1. The van der Waals surface area contributed by atoms with Gasteiger partial charge in [-0.2, -0.15) is 4.98 Å². The number of aryl methyl sites for hydroxylation is 1. The molecule has 16 heavy (non-hydrogen) atoms. The van der Waals surface area contributed by atoms with Crippen LogP contribution < -0.4 is 15.4 Å². The van der Waals surface area contributed by atoms with Crippen molar-refractivity contribution in [2.75, 3.05) is 18.0 Å². The molecule has 0 aliphatic carbocycles. The van der Waals surface area contributed by atoms with Crippen molar-refractivity contribution in [3.63, 3.8) is 0 Å². The van der Waals surface area contributed by atoms with Crippen LogP contribution in [0.15, 0.2) is 6.07 Å². The van der Waals surface area contributed by atoms with Gasteiger partial charge in [-0.15, -0.1) is 0 Å². The van der Waals surface area contributed by atoms with Crippen LogP contribution in [-0.4, -0.2) is 35.2 Å². The van der Waals surface area contributed by atoms with Crippen LogP contribution in [0.4, 0.5) is 5.95 Å². The maximum atomic E-state index is 5.73. The highest BCUT2D eigenvalue weighted by molar-refractivity contribution is 5.38. The molecule has 1 fully saturated rings. The van der Waals surface area contributed by atoms with E-state index >= 15 is 0 Å². The van der Waals surface area contributed by atoms with Gasteiger partial charge < -0.3 is 15.4 Å². The fraction of sp³-hybridized carbons (Fsp3) is 0.636. The summed E-state index contributed by atoms with van der Waals surface area (Å²) >= 11 is 0. The number of aromatic nitrogens is 2. The van der Waals surface area contributed by atoms with Crippen molar-refractivity contribution in [3.05, 3.63) is 11.8 Å². The molecule has 2 rings (SSSR count). The molecule has 1 saturated heterocycles. The molecule has 88 valence electrons. The molecule has 5 nitrogen and oxygen atoms in total. The molecule has 1 aromatic rings. The summed E-state index contributed by atoms with van der Waals surface area (Å²) in [5.74, 6) is 1.36. The molecule has 0 saturated carbocycles. The molecule has 2 N–H and O–H groups in total. The zero-order valence-corrected chi connectivity index (χ0v) is 9.97. The van der Waals surface area contributed by atoms with Gasteiger partial charge in [0.25, 0.3) is 0 Å². The van der Waals surface area contributed by atoms with E-state index in [0.29, 0.717) is 5.88 Å². The van der Waals surface area contributed by atoms with E-state index < -0.39 is 0 Å². The molecule has 1 aromatic heterocycles. The second-order valence-electron chi connectivity index (χ2n) is 4.48. The quantitative estimate of drug-likeness (QED) is 0.816. The third-order valence-corrected chi connectivity index (χ3v) is 2.37. The van der Waals surface area contributed by atoms with E-state index in [2.05, 4.69) is 14.9 Å². The number of nitrogens with two attached hydrogens (primary N) is 1. The molecule has 5 heteroatoms. The Labute approximate surface area is 95.6 Å². The first-order chi connectivity index (χ1) is 7.54. The summed E-state index contributed by atoms with van der Waals surface area (Å²) in [5.41, 5.74) is 6.65. The summed E-state index contributed by atoms with van der Waals surface area (Å²) in [6.45, 7) is 7.56. The van der Waals surface area contributed by atoms with Crippen LogP contribution in [0.5, 0.6) is 5.88 Å². The minimum atomic E-state index is 0.126. The first-order valence-electron chi connectivity index (χ1n) is 5.57. The molecule has 1 aliphatic rings. The van der Waals surface area contributed by atoms with Gasteiger partial charge in [-0.25, -0.2) is 4.98 Å². The molecular weight excluding hydrogens is 204 g/mol. The lowest BCUT2D eigenvalue weighted by Gasteiger charge is -2.36. The molecule has 0 amide bonds. The molecule has 0 aromatic carbocycles. The van der Waals surface area contributed by atoms with E-state index in [1.165, 1.54) is 0 Å². The monoisotopic (exact) mass is 222 g/mol. The molecule has 2 heterocycles. The van der Waals surface area contributed by atoms with Crippen molar-refractivity contribution >= 4 is 5.95 Å². The van der Waals surface area contributed by atoms with E-state index in [0.717, 1.165) is 24.7 Å². The van der Waals surface area contributed by atoms with Crippen LogP contribution in [0.1, 0.15) is 19.5 Å². The van der Waals surface area contributed by atoms with Crippen LogP contribution in [0.25, 0.3) is 0 Å². The Balaban J connectivity index is 2.15. The Hall–Kier alpha value is -1.36. The number of hydrogen-bond donors (Lipinski definition) is 1. The lowest BCUT2D eigenvalue weighted by molar-refractivity contribution is 0.232. The summed E-state index contributed by atoms with van der Waals surface area (Å²) in [5, 5.41) is 0. The maximum absolute atomic E-state index is 5.73. The second kappa shape index (κ2) is 4.25. The minimum absolute atomic E-state index is 0.126.